The quantitative estimate of drug-likeness (QED) is 0.529. The predicted octanol–water partition coefficient (Wildman–Crippen LogP) is 3.56. The smallest absolute Gasteiger partial charge is 0.121 e. The van der Waals surface area contributed by atoms with E-state index in [1.54, 1.807) is 19.3 Å². The van der Waals surface area contributed by atoms with Crippen molar-refractivity contribution >= 4 is 15.9 Å². The summed E-state index contributed by atoms with van der Waals surface area (Å²) in [7, 11) is 1.62. The molecule has 0 rings (SSSR count). The van der Waals surface area contributed by atoms with Gasteiger partial charge >= 0.3 is 0 Å². The molecule has 0 bridgehead atoms. The van der Waals surface area contributed by atoms with Crippen LogP contribution in [-0.4, -0.2) is 7.11 Å². The lowest BCUT2D eigenvalue weighted by Gasteiger charge is -2.02. The molecule has 0 heterocycles. The van der Waals surface area contributed by atoms with E-state index in [1.807, 2.05) is 13.0 Å². The van der Waals surface area contributed by atoms with E-state index in [0.717, 1.165) is 15.8 Å². The Morgan fingerprint density at radius 1 is 1.33 bits per heavy atom. The van der Waals surface area contributed by atoms with Crippen LogP contribution in [0.2, 0.25) is 0 Å². The van der Waals surface area contributed by atoms with Crippen LogP contribution in [0.4, 0.5) is 0 Å². The molecule has 0 fully saturated rings. The Balaban J connectivity index is 4.75. The van der Waals surface area contributed by atoms with Gasteiger partial charge in [0.05, 0.1) is 7.11 Å². The molecule has 2 heteroatoms. The van der Waals surface area contributed by atoms with E-state index in [-0.39, 0.29) is 0 Å². The molecule has 0 unspecified atom stereocenters. The summed E-state index contributed by atoms with van der Waals surface area (Å²) in [5, 5.41) is 0. The molecule has 1 nitrogen and oxygen atoms in total. The van der Waals surface area contributed by atoms with Gasteiger partial charge in [-0.05, 0) is 24.6 Å². The molecule has 66 valence electrons. The second kappa shape index (κ2) is 5.84. The lowest BCUT2D eigenvalue weighted by Crippen LogP contribution is -1.85. The monoisotopic (exact) mass is 228 g/mol. The van der Waals surface area contributed by atoms with E-state index >= 15 is 0 Å². The second-order valence-electron chi connectivity index (χ2n) is 2.19. The summed E-state index contributed by atoms with van der Waals surface area (Å²) in [4.78, 5) is 0. The van der Waals surface area contributed by atoms with Crippen molar-refractivity contribution in [3.63, 3.8) is 0 Å². The molecule has 0 spiro atoms. The van der Waals surface area contributed by atoms with Gasteiger partial charge < -0.3 is 4.74 Å². The highest BCUT2D eigenvalue weighted by molar-refractivity contribution is 9.11. The third kappa shape index (κ3) is 3.58. The zero-order chi connectivity index (χ0) is 9.56. The third-order valence-corrected chi connectivity index (χ3v) is 1.90. The van der Waals surface area contributed by atoms with E-state index in [9.17, 15) is 0 Å². The average molecular weight is 229 g/mol. The molecule has 0 radical (unpaired) electrons. The van der Waals surface area contributed by atoms with Crippen molar-refractivity contribution in [1.29, 1.82) is 0 Å². The van der Waals surface area contributed by atoms with Crippen molar-refractivity contribution in [2.75, 3.05) is 7.11 Å². The van der Waals surface area contributed by atoms with Crippen molar-refractivity contribution in [2.24, 2.45) is 0 Å². The van der Waals surface area contributed by atoms with Crippen LogP contribution in [0.5, 0.6) is 0 Å². The SMILES string of the molecule is C=C/C(Br)=C\C(C)=C(/C=C)OC. The number of methoxy groups -OCH3 is 1. The van der Waals surface area contributed by atoms with Gasteiger partial charge in [-0.2, -0.15) is 0 Å². The Bertz CT molecular complexity index is 236. The first-order valence-electron chi connectivity index (χ1n) is 3.52. The first kappa shape index (κ1) is 11.2. The molecule has 0 saturated carbocycles. The highest BCUT2D eigenvalue weighted by Crippen LogP contribution is 2.14. The van der Waals surface area contributed by atoms with Crippen molar-refractivity contribution < 1.29 is 4.74 Å². The molecule has 0 aromatic heterocycles. The first-order valence-corrected chi connectivity index (χ1v) is 4.32. The molecular weight excluding hydrogens is 216 g/mol. The minimum absolute atomic E-state index is 0.772. The van der Waals surface area contributed by atoms with Crippen molar-refractivity contribution in [2.45, 2.75) is 6.92 Å². The third-order valence-electron chi connectivity index (χ3n) is 1.34. The fourth-order valence-electron chi connectivity index (χ4n) is 0.742. The van der Waals surface area contributed by atoms with Gasteiger partial charge in [-0.15, -0.1) is 0 Å². The number of halogens is 1. The molecule has 0 aliphatic rings. The van der Waals surface area contributed by atoms with Crippen LogP contribution < -0.4 is 0 Å². The Labute approximate surface area is 82.2 Å². The van der Waals surface area contributed by atoms with Gasteiger partial charge in [-0.3, -0.25) is 0 Å². The van der Waals surface area contributed by atoms with Crippen LogP contribution in [0, 0.1) is 0 Å². The highest BCUT2D eigenvalue weighted by Gasteiger charge is 1.94. The number of ether oxygens (including phenoxy) is 1. The van der Waals surface area contributed by atoms with E-state index in [0.29, 0.717) is 0 Å². The molecule has 0 saturated heterocycles. The Kier molecular flexibility index (Phi) is 5.47. The topological polar surface area (TPSA) is 9.23 Å². The van der Waals surface area contributed by atoms with Crippen LogP contribution in [0.25, 0.3) is 0 Å². The van der Waals surface area contributed by atoms with Crippen molar-refractivity contribution in [3.8, 4) is 0 Å². The Morgan fingerprint density at radius 3 is 2.25 bits per heavy atom. The van der Waals surface area contributed by atoms with Gasteiger partial charge in [-0.1, -0.05) is 35.2 Å². The summed E-state index contributed by atoms with van der Waals surface area (Å²) in [6.07, 6.45) is 5.32. The van der Waals surface area contributed by atoms with E-state index in [4.69, 9.17) is 4.74 Å². The van der Waals surface area contributed by atoms with Gasteiger partial charge in [0.1, 0.15) is 5.76 Å². The zero-order valence-electron chi connectivity index (χ0n) is 7.43. The minimum Gasteiger partial charge on any atom is -0.497 e. The molecule has 12 heavy (non-hydrogen) atoms. The molecule has 0 atom stereocenters. The Hall–Kier alpha value is -0.760. The average Bonchev–Trinajstić information content (AvgIpc) is 2.06. The maximum atomic E-state index is 5.07. The summed E-state index contributed by atoms with van der Waals surface area (Å²) < 4.78 is 6.00. The van der Waals surface area contributed by atoms with Gasteiger partial charge in [0.25, 0.3) is 0 Å². The fourth-order valence-corrected chi connectivity index (χ4v) is 1.09. The molecule has 0 aliphatic carbocycles. The van der Waals surface area contributed by atoms with E-state index < -0.39 is 0 Å². The second-order valence-corrected chi connectivity index (χ2v) is 3.10. The minimum atomic E-state index is 0.772. The summed E-state index contributed by atoms with van der Waals surface area (Å²) in [5.74, 6) is 0.772. The fraction of sp³-hybridized carbons (Fsp3) is 0.200. The maximum Gasteiger partial charge on any atom is 0.121 e. The zero-order valence-corrected chi connectivity index (χ0v) is 9.02. The van der Waals surface area contributed by atoms with Crippen LogP contribution in [0.1, 0.15) is 6.92 Å². The molecule has 0 amide bonds. The summed E-state index contributed by atoms with van der Waals surface area (Å²) in [5.41, 5.74) is 1.01. The number of rotatable bonds is 4. The van der Waals surface area contributed by atoms with Gasteiger partial charge in [0, 0.05) is 4.48 Å². The summed E-state index contributed by atoms with van der Waals surface area (Å²) in [6, 6.07) is 0. The molecule has 0 aliphatic heterocycles. The largest absolute Gasteiger partial charge is 0.497 e. The van der Waals surface area contributed by atoms with Crippen molar-refractivity contribution in [3.05, 3.63) is 47.2 Å². The highest BCUT2D eigenvalue weighted by atomic mass is 79.9. The number of hydrogen-bond acceptors (Lipinski definition) is 1. The van der Waals surface area contributed by atoms with Crippen LogP contribution in [-0.2, 0) is 4.74 Å². The lowest BCUT2D eigenvalue weighted by molar-refractivity contribution is 0.304. The standard InChI is InChI=1S/C10H13BrO/c1-5-9(11)7-8(3)10(6-2)12-4/h5-7H,1-2H2,3-4H3/b9-7+,10-8+. The first-order chi connectivity index (χ1) is 5.65. The van der Waals surface area contributed by atoms with Gasteiger partial charge in [0.15, 0.2) is 0 Å². The van der Waals surface area contributed by atoms with Crippen LogP contribution in [0.3, 0.4) is 0 Å². The normalized spacial score (nSPS) is 13.4. The van der Waals surface area contributed by atoms with Crippen LogP contribution >= 0.6 is 15.9 Å². The van der Waals surface area contributed by atoms with Crippen molar-refractivity contribution in [1.82, 2.24) is 0 Å². The number of allylic oxidation sites excluding steroid dienone is 5. The molecule has 0 N–H and O–H groups in total. The molecule has 0 aromatic rings. The van der Waals surface area contributed by atoms with Gasteiger partial charge in [0.2, 0.25) is 0 Å². The predicted molar refractivity (Wildman–Crippen MR) is 57.1 cm³/mol. The van der Waals surface area contributed by atoms with E-state index in [1.165, 1.54) is 0 Å². The number of hydrogen-bond donors (Lipinski definition) is 0. The molecule has 0 aromatic carbocycles. The lowest BCUT2D eigenvalue weighted by atomic mass is 10.2. The summed E-state index contributed by atoms with van der Waals surface area (Å²) >= 11 is 3.32. The molecular formula is C10H13BrO. The van der Waals surface area contributed by atoms with Crippen LogP contribution in [0.15, 0.2) is 47.2 Å². The van der Waals surface area contributed by atoms with E-state index in [2.05, 4.69) is 29.1 Å². The maximum absolute atomic E-state index is 5.07. The van der Waals surface area contributed by atoms with Gasteiger partial charge in [-0.25, -0.2) is 0 Å². The summed E-state index contributed by atoms with van der Waals surface area (Å²) in [6.45, 7) is 9.20. The Morgan fingerprint density at radius 2 is 1.92 bits per heavy atom.